The van der Waals surface area contributed by atoms with Crippen molar-refractivity contribution in [3.05, 3.63) is 61.6 Å². The van der Waals surface area contributed by atoms with Crippen molar-refractivity contribution in [3.63, 3.8) is 0 Å². The summed E-state index contributed by atoms with van der Waals surface area (Å²) in [6.45, 7) is 0.336. The van der Waals surface area contributed by atoms with E-state index in [9.17, 15) is 0 Å². The van der Waals surface area contributed by atoms with Gasteiger partial charge in [0.05, 0.1) is 16.6 Å². The minimum Gasteiger partial charge on any atom is -0.369 e. The highest BCUT2D eigenvalue weighted by Crippen LogP contribution is 2.22. The van der Waals surface area contributed by atoms with Crippen molar-refractivity contribution in [2.45, 2.75) is 6.54 Å². The normalized spacial score (nSPS) is 11.8. The second kappa shape index (κ2) is 9.93. The second-order valence-electron chi connectivity index (χ2n) is 4.55. The van der Waals surface area contributed by atoms with E-state index in [2.05, 4.69) is 37.9 Å². The Bertz CT molecular complexity index is 747. The van der Waals surface area contributed by atoms with E-state index in [0.717, 1.165) is 14.8 Å². The number of hydrogen-bond donors (Lipinski definition) is 3. The Kier molecular flexibility index (Phi) is 8.61. The van der Waals surface area contributed by atoms with Crippen LogP contribution in [-0.4, -0.2) is 11.9 Å². The zero-order valence-electron chi connectivity index (χ0n) is 12.3. The molecule has 0 heterocycles. The van der Waals surface area contributed by atoms with Crippen molar-refractivity contribution < 1.29 is 0 Å². The van der Waals surface area contributed by atoms with Gasteiger partial charge in [-0.15, -0.1) is 12.4 Å². The highest BCUT2D eigenvalue weighted by molar-refractivity contribution is 14.1. The third kappa shape index (κ3) is 6.72. The Labute approximate surface area is 170 Å². The summed E-state index contributed by atoms with van der Waals surface area (Å²) in [6.07, 6.45) is 0. The first-order valence-corrected chi connectivity index (χ1v) is 8.38. The van der Waals surface area contributed by atoms with Crippen LogP contribution in [-0.2, 0) is 6.54 Å². The van der Waals surface area contributed by atoms with Crippen LogP contribution in [0.2, 0.25) is 10.0 Å². The van der Waals surface area contributed by atoms with E-state index < -0.39 is 0 Å². The van der Waals surface area contributed by atoms with E-state index in [-0.39, 0.29) is 24.3 Å². The van der Waals surface area contributed by atoms with Crippen molar-refractivity contribution in [2.75, 3.05) is 5.32 Å². The lowest BCUT2D eigenvalue weighted by Crippen LogP contribution is -2.26. The molecule has 2 aromatic rings. The van der Waals surface area contributed by atoms with Gasteiger partial charge in [0.2, 0.25) is 11.9 Å². The molecule has 0 aromatic heterocycles. The summed E-state index contributed by atoms with van der Waals surface area (Å²) in [5.41, 5.74) is 13.2. The van der Waals surface area contributed by atoms with Gasteiger partial charge in [0.1, 0.15) is 0 Å². The van der Waals surface area contributed by atoms with Gasteiger partial charge < -0.3 is 16.8 Å². The lowest BCUT2D eigenvalue weighted by molar-refractivity contribution is 1.05. The molecule has 0 aliphatic carbocycles. The van der Waals surface area contributed by atoms with Crippen molar-refractivity contribution in [1.82, 2.24) is 0 Å². The summed E-state index contributed by atoms with van der Waals surface area (Å²) in [5, 5.41) is 3.91. The van der Waals surface area contributed by atoms with Gasteiger partial charge in [0.15, 0.2) is 0 Å². The van der Waals surface area contributed by atoms with Crippen molar-refractivity contribution >= 4 is 75.8 Å². The van der Waals surface area contributed by atoms with Crippen LogP contribution in [0.1, 0.15) is 5.56 Å². The summed E-state index contributed by atoms with van der Waals surface area (Å²) >= 11 is 14.0. The van der Waals surface area contributed by atoms with E-state index in [4.69, 9.17) is 34.7 Å². The lowest BCUT2D eigenvalue weighted by atomic mass is 10.2. The molecule has 0 bridgehead atoms. The molecule has 0 radical (unpaired) electrons. The highest BCUT2D eigenvalue weighted by Gasteiger charge is 2.00. The minimum atomic E-state index is 0. The SMILES string of the molecule is Cl.NC(=NCc1ccc(Cl)c(Cl)c1)N=C(N)Nc1ccc(I)cc1. The number of hydrogen-bond acceptors (Lipinski definition) is 1. The van der Waals surface area contributed by atoms with Crippen molar-refractivity contribution in [2.24, 2.45) is 21.5 Å². The van der Waals surface area contributed by atoms with Crippen LogP contribution >= 0.6 is 58.2 Å². The summed E-state index contributed by atoms with van der Waals surface area (Å²) in [6, 6.07) is 13.0. The van der Waals surface area contributed by atoms with Gasteiger partial charge in [-0.25, -0.2) is 4.99 Å². The summed E-state index contributed by atoms with van der Waals surface area (Å²) in [7, 11) is 0. The Hall–Kier alpha value is -1.22. The molecule has 128 valence electrons. The largest absolute Gasteiger partial charge is 0.369 e. The molecule has 2 rings (SSSR count). The van der Waals surface area contributed by atoms with Gasteiger partial charge in [-0.05, 0) is 64.6 Å². The molecule has 0 atom stereocenters. The smallest absolute Gasteiger partial charge is 0.218 e. The molecule has 24 heavy (non-hydrogen) atoms. The number of guanidine groups is 2. The molecule has 0 saturated carbocycles. The maximum absolute atomic E-state index is 5.95. The molecule has 0 unspecified atom stereocenters. The van der Waals surface area contributed by atoms with Gasteiger partial charge in [-0.3, -0.25) is 0 Å². The first kappa shape index (κ1) is 20.8. The first-order valence-electron chi connectivity index (χ1n) is 6.54. The number of anilines is 1. The average Bonchev–Trinajstić information content (AvgIpc) is 2.51. The molecular formula is C15H15Cl3IN5. The molecule has 0 saturated heterocycles. The molecule has 2 aromatic carbocycles. The Balaban J connectivity index is 0.00000288. The average molecular weight is 499 g/mol. The van der Waals surface area contributed by atoms with Crippen molar-refractivity contribution in [3.8, 4) is 0 Å². The molecular weight excluding hydrogens is 483 g/mol. The second-order valence-corrected chi connectivity index (χ2v) is 6.61. The predicted molar refractivity (Wildman–Crippen MR) is 113 cm³/mol. The first-order chi connectivity index (χ1) is 10.9. The highest BCUT2D eigenvalue weighted by atomic mass is 127. The fraction of sp³-hybridized carbons (Fsp3) is 0.0667. The van der Waals surface area contributed by atoms with Gasteiger partial charge in [0, 0.05) is 9.26 Å². The molecule has 0 spiro atoms. The van der Waals surface area contributed by atoms with Crippen LogP contribution in [0.3, 0.4) is 0 Å². The fourth-order valence-corrected chi connectivity index (χ4v) is 2.36. The molecule has 0 amide bonds. The van der Waals surface area contributed by atoms with Gasteiger partial charge in [-0.1, -0.05) is 29.3 Å². The number of rotatable bonds is 3. The monoisotopic (exact) mass is 497 g/mol. The van der Waals surface area contributed by atoms with E-state index in [0.29, 0.717) is 16.6 Å². The van der Waals surface area contributed by atoms with Crippen LogP contribution in [0.25, 0.3) is 0 Å². The van der Waals surface area contributed by atoms with E-state index in [1.54, 1.807) is 12.1 Å². The van der Waals surface area contributed by atoms with E-state index in [1.807, 2.05) is 30.3 Å². The maximum Gasteiger partial charge on any atom is 0.218 e. The van der Waals surface area contributed by atoms with Gasteiger partial charge >= 0.3 is 0 Å². The van der Waals surface area contributed by atoms with E-state index in [1.165, 1.54) is 0 Å². The third-order valence-corrected chi connectivity index (χ3v) is 4.22. The number of nitrogens with zero attached hydrogens (tertiary/aromatic N) is 2. The van der Waals surface area contributed by atoms with Gasteiger partial charge in [0.25, 0.3) is 0 Å². The zero-order chi connectivity index (χ0) is 16.8. The number of halogens is 4. The minimum absolute atomic E-state index is 0. The number of nitrogens with one attached hydrogen (secondary N) is 1. The van der Waals surface area contributed by atoms with Crippen LogP contribution in [0.5, 0.6) is 0 Å². The summed E-state index contributed by atoms with van der Waals surface area (Å²) in [5.74, 6) is 0.244. The van der Waals surface area contributed by atoms with Crippen LogP contribution < -0.4 is 16.8 Å². The quantitative estimate of drug-likeness (QED) is 0.336. The van der Waals surface area contributed by atoms with E-state index >= 15 is 0 Å². The number of benzene rings is 2. The zero-order valence-corrected chi connectivity index (χ0v) is 16.8. The molecule has 0 fully saturated rings. The molecule has 5 N–H and O–H groups in total. The maximum atomic E-state index is 5.95. The Morgan fingerprint density at radius 2 is 1.71 bits per heavy atom. The topological polar surface area (TPSA) is 88.8 Å². The molecule has 0 aliphatic heterocycles. The van der Waals surface area contributed by atoms with Crippen LogP contribution in [0.15, 0.2) is 52.4 Å². The third-order valence-electron chi connectivity index (χ3n) is 2.76. The number of nitrogens with two attached hydrogens (primary N) is 2. The molecule has 9 heteroatoms. The summed E-state index contributed by atoms with van der Waals surface area (Å²) < 4.78 is 1.13. The van der Waals surface area contributed by atoms with Crippen LogP contribution in [0, 0.1) is 3.57 Å². The van der Waals surface area contributed by atoms with Crippen LogP contribution in [0.4, 0.5) is 5.69 Å². The number of aliphatic imine (C=N–C) groups is 2. The molecule has 0 aliphatic rings. The summed E-state index contributed by atoms with van der Waals surface area (Å²) in [4.78, 5) is 8.14. The predicted octanol–water partition coefficient (Wildman–Crippen LogP) is 4.26. The molecule has 5 nitrogen and oxygen atoms in total. The fourth-order valence-electron chi connectivity index (χ4n) is 1.68. The van der Waals surface area contributed by atoms with Gasteiger partial charge in [-0.2, -0.15) is 4.99 Å². The Morgan fingerprint density at radius 3 is 2.33 bits per heavy atom. The standard InChI is InChI=1S/C15H14Cl2IN5.ClH/c16-12-6-1-9(7-13(12)17)8-21-14(19)23-15(20)22-11-4-2-10(18)3-5-11;/h1-7H,8H2,(H5,19,20,21,22,23);1H. The lowest BCUT2D eigenvalue weighted by Gasteiger charge is -2.05. The van der Waals surface area contributed by atoms with Crippen molar-refractivity contribution in [1.29, 1.82) is 0 Å². The Morgan fingerprint density at radius 1 is 1.04 bits per heavy atom.